The fraction of sp³-hybridized carbons (Fsp3) is 0.800. The summed E-state index contributed by atoms with van der Waals surface area (Å²) in [5.41, 5.74) is 0. The first-order valence-electron chi connectivity index (χ1n) is 6.01. The van der Waals surface area contributed by atoms with Crippen LogP contribution in [-0.2, 0) is 24.5 Å². The molecule has 0 saturated carbocycles. The Kier molecular flexibility index (Phi) is 5.72. The number of carboxylic acid groups (broad SMARTS) is 1. The summed E-state index contributed by atoms with van der Waals surface area (Å²) >= 11 is 0. The van der Waals surface area contributed by atoms with E-state index in [-0.39, 0.29) is 19.8 Å². The second kappa shape index (κ2) is 6.86. The molecule has 116 valence electrons. The molecule has 2 N–H and O–H groups in total. The van der Waals surface area contributed by atoms with Gasteiger partial charge in [-0.3, -0.25) is 4.79 Å². The molecule has 0 radical (unpaired) electrons. The quantitative estimate of drug-likeness (QED) is 0.671. The Morgan fingerprint density at radius 3 is 2.60 bits per heavy atom. The highest BCUT2D eigenvalue weighted by Crippen LogP contribution is 2.22. The summed E-state index contributed by atoms with van der Waals surface area (Å²) < 4.78 is 36.2. The lowest BCUT2D eigenvalue weighted by atomic mass is 10.0. The number of carbonyl (C=O) groups is 2. The fourth-order valence-electron chi connectivity index (χ4n) is 1.95. The molecular formula is C10H18N2O7S. The Bertz CT molecular complexity index is 464. The minimum Gasteiger partial charge on any atom is -0.481 e. The molecule has 0 spiro atoms. The Labute approximate surface area is 117 Å². The van der Waals surface area contributed by atoms with Crippen LogP contribution < -0.4 is 4.72 Å². The molecule has 0 aromatic heterocycles. The van der Waals surface area contributed by atoms with Crippen LogP contribution in [0.1, 0.15) is 13.3 Å². The number of ether oxygens (including phenoxy) is 2. The Balaban J connectivity index is 2.98. The van der Waals surface area contributed by atoms with Crippen molar-refractivity contribution in [3.8, 4) is 0 Å². The number of carboxylic acids is 1. The fourth-order valence-corrected chi connectivity index (χ4v) is 3.35. The largest absolute Gasteiger partial charge is 0.481 e. The number of carbonyl (C=O) groups excluding carboxylic acids is 1. The molecule has 0 aliphatic carbocycles. The molecule has 0 aromatic rings. The molecular weight excluding hydrogens is 292 g/mol. The third-order valence-electron chi connectivity index (χ3n) is 2.89. The first kappa shape index (κ1) is 16.7. The number of amides is 1. The molecule has 10 heteroatoms. The highest BCUT2D eigenvalue weighted by Gasteiger charge is 2.43. The summed E-state index contributed by atoms with van der Waals surface area (Å²) in [6, 6.07) is -0.852. The van der Waals surface area contributed by atoms with Crippen molar-refractivity contribution >= 4 is 22.3 Å². The molecule has 1 saturated heterocycles. The molecule has 1 aliphatic rings. The molecule has 0 aromatic carbocycles. The number of hydrogen-bond donors (Lipinski definition) is 2. The van der Waals surface area contributed by atoms with Gasteiger partial charge in [-0.15, -0.1) is 0 Å². The van der Waals surface area contributed by atoms with Gasteiger partial charge in [-0.2, -0.15) is 12.7 Å². The summed E-state index contributed by atoms with van der Waals surface area (Å²) in [4.78, 5) is 22.2. The van der Waals surface area contributed by atoms with E-state index in [1.165, 1.54) is 0 Å². The highest BCUT2D eigenvalue weighted by molar-refractivity contribution is 7.87. The lowest BCUT2D eigenvalue weighted by molar-refractivity contribution is -0.142. The van der Waals surface area contributed by atoms with Gasteiger partial charge < -0.3 is 14.6 Å². The van der Waals surface area contributed by atoms with E-state index in [1.807, 2.05) is 0 Å². The lowest BCUT2D eigenvalue weighted by Crippen LogP contribution is -2.52. The summed E-state index contributed by atoms with van der Waals surface area (Å²) in [5.74, 6) is -2.10. The van der Waals surface area contributed by atoms with Gasteiger partial charge in [0.05, 0.1) is 32.3 Å². The van der Waals surface area contributed by atoms with E-state index in [4.69, 9.17) is 9.84 Å². The van der Waals surface area contributed by atoms with Crippen LogP contribution in [-0.4, -0.2) is 62.8 Å². The minimum atomic E-state index is -4.18. The van der Waals surface area contributed by atoms with Gasteiger partial charge in [0.15, 0.2) is 0 Å². The third-order valence-corrected chi connectivity index (χ3v) is 4.38. The molecule has 1 rings (SSSR count). The van der Waals surface area contributed by atoms with Crippen molar-refractivity contribution < 1.29 is 32.6 Å². The van der Waals surface area contributed by atoms with E-state index in [9.17, 15) is 18.0 Å². The van der Waals surface area contributed by atoms with Crippen LogP contribution in [0.15, 0.2) is 0 Å². The van der Waals surface area contributed by atoms with Crippen molar-refractivity contribution in [3.05, 3.63) is 0 Å². The molecule has 0 bridgehead atoms. The number of nitrogens with one attached hydrogen (secondary N) is 1. The van der Waals surface area contributed by atoms with Gasteiger partial charge in [0.1, 0.15) is 0 Å². The maximum atomic E-state index is 12.1. The summed E-state index contributed by atoms with van der Waals surface area (Å²) in [5, 5.41) is 9.08. The smallest absolute Gasteiger partial charge is 0.421 e. The van der Waals surface area contributed by atoms with Crippen LogP contribution in [0.4, 0.5) is 4.79 Å². The number of rotatable bonds is 6. The van der Waals surface area contributed by atoms with Crippen molar-refractivity contribution in [1.82, 2.24) is 9.03 Å². The Morgan fingerprint density at radius 2 is 2.10 bits per heavy atom. The molecule has 1 fully saturated rings. The molecule has 1 heterocycles. The van der Waals surface area contributed by atoms with Crippen LogP contribution >= 0.6 is 0 Å². The van der Waals surface area contributed by atoms with E-state index in [0.717, 1.165) is 11.4 Å². The van der Waals surface area contributed by atoms with Gasteiger partial charge in [0.2, 0.25) is 0 Å². The number of hydrogen-bond acceptors (Lipinski definition) is 6. The molecule has 2 unspecified atom stereocenters. The maximum absolute atomic E-state index is 12.1. The van der Waals surface area contributed by atoms with Crippen molar-refractivity contribution in [2.24, 2.45) is 5.92 Å². The Hall–Kier alpha value is -1.39. The zero-order valence-corrected chi connectivity index (χ0v) is 12.1. The zero-order chi connectivity index (χ0) is 15.3. The van der Waals surface area contributed by atoms with Crippen LogP contribution in [0.5, 0.6) is 0 Å². The van der Waals surface area contributed by atoms with Crippen molar-refractivity contribution in [2.75, 3.05) is 26.9 Å². The number of aliphatic carboxylic acids is 1. The summed E-state index contributed by atoms with van der Waals surface area (Å²) in [6.45, 7) is 1.73. The normalized spacial score (nSPS) is 22.8. The van der Waals surface area contributed by atoms with E-state index in [1.54, 1.807) is 11.6 Å². The first-order chi connectivity index (χ1) is 9.33. The second-order valence-corrected chi connectivity index (χ2v) is 5.88. The van der Waals surface area contributed by atoms with E-state index in [2.05, 4.69) is 4.74 Å². The predicted octanol–water partition coefficient (Wildman–Crippen LogP) is -0.601. The van der Waals surface area contributed by atoms with Gasteiger partial charge >= 0.3 is 22.3 Å². The first-order valence-corrected chi connectivity index (χ1v) is 7.45. The van der Waals surface area contributed by atoms with Crippen molar-refractivity contribution in [3.63, 3.8) is 0 Å². The molecule has 1 aliphatic heterocycles. The van der Waals surface area contributed by atoms with Gasteiger partial charge in [0.25, 0.3) is 0 Å². The topological polar surface area (TPSA) is 122 Å². The van der Waals surface area contributed by atoms with Crippen LogP contribution in [0.2, 0.25) is 0 Å². The second-order valence-electron chi connectivity index (χ2n) is 4.26. The average molecular weight is 310 g/mol. The van der Waals surface area contributed by atoms with Crippen molar-refractivity contribution in [2.45, 2.75) is 19.4 Å². The van der Waals surface area contributed by atoms with Gasteiger partial charge in [0, 0.05) is 6.54 Å². The third kappa shape index (κ3) is 3.81. The highest BCUT2D eigenvalue weighted by atomic mass is 32.2. The Morgan fingerprint density at radius 1 is 1.45 bits per heavy atom. The molecule has 9 nitrogen and oxygen atoms in total. The van der Waals surface area contributed by atoms with Crippen molar-refractivity contribution in [1.29, 1.82) is 0 Å². The van der Waals surface area contributed by atoms with Crippen LogP contribution in [0.3, 0.4) is 0 Å². The molecule has 1 amide bonds. The zero-order valence-electron chi connectivity index (χ0n) is 11.2. The SMILES string of the molecule is CCCN(C1COCC1C(=O)O)S(=O)(=O)NC(=O)OC. The molecule has 2 atom stereocenters. The lowest BCUT2D eigenvalue weighted by Gasteiger charge is -2.28. The van der Waals surface area contributed by atoms with E-state index < -0.39 is 34.2 Å². The number of nitrogens with zero attached hydrogens (tertiary/aromatic N) is 1. The number of methoxy groups -OCH3 is 1. The summed E-state index contributed by atoms with van der Waals surface area (Å²) in [7, 11) is -3.14. The van der Waals surface area contributed by atoms with Crippen LogP contribution in [0.25, 0.3) is 0 Å². The monoisotopic (exact) mass is 310 g/mol. The van der Waals surface area contributed by atoms with E-state index in [0.29, 0.717) is 6.42 Å². The minimum absolute atomic E-state index is 0.0287. The van der Waals surface area contributed by atoms with E-state index >= 15 is 0 Å². The van der Waals surface area contributed by atoms with Gasteiger partial charge in [-0.1, -0.05) is 6.92 Å². The summed E-state index contributed by atoms with van der Waals surface area (Å²) in [6.07, 6.45) is -0.665. The standard InChI is InChI=1S/C10H18N2O7S/c1-3-4-12(20(16,17)11-10(15)18-2)8-6-19-5-7(8)9(13)14/h7-8H,3-6H2,1-2H3,(H,11,15)(H,13,14). The molecule has 20 heavy (non-hydrogen) atoms. The van der Waals surface area contributed by atoms with Crippen LogP contribution in [0, 0.1) is 5.92 Å². The maximum Gasteiger partial charge on any atom is 0.421 e. The van der Waals surface area contributed by atoms with Gasteiger partial charge in [-0.25, -0.2) is 9.52 Å². The predicted molar refractivity (Wildman–Crippen MR) is 67.2 cm³/mol. The van der Waals surface area contributed by atoms with Gasteiger partial charge in [-0.05, 0) is 6.42 Å². The average Bonchev–Trinajstić information content (AvgIpc) is 2.83.